The van der Waals surface area contributed by atoms with Crippen LogP contribution < -0.4 is 5.32 Å². The van der Waals surface area contributed by atoms with Crippen LogP contribution >= 0.6 is 0 Å². The minimum absolute atomic E-state index is 0.0460. The van der Waals surface area contributed by atoms with Gasteiger partial charge in [0, 0.05) is 31.2 Å². The summed E-state index contributed by atoms with van der Waals surface area (Å²) in [6.07, 6.45) is 1.36. The van der Waals surface area contributed by atoms with Gasteiger partial charge in [0.15, 0.2) is 0 Å². The molecule has 5 rings (SSSR count). The third kappa shape index (κ3) is 4.46. The smallest absolute Gasteiger partial charge is 0.376 e. The van der Waals surface area contributed by atoms with Gasteiger partial charge in [0.25, 0.3) is 0 Å². The molecule has 226 valence electrons. The number of carbonyl (C=O) groups is 2. The number of methoxy groups -OCH3 is 1. The number of cyclic esters (lactones) is 1. The number of fused-ring (bicyclic) bond motifs is 3. The Morgan fingerprint density at radius 2 is 1.78 bits per heavy atom. The van der Waals surface area contributed by atoms with Crippen LogP contribution in [-0.2, 0) is 19.0 Å². The van der Waals surface area contributed by atoms with Crippen LogP contribution in [0.3, 0.4) is 0 Å². The standard InChI is InChI=1S/C32H45NO8/c1-17-20(39-6)15-22-30(2)14-12-23(34)32(4,16-40-27(36)18-9-7-8-10-19(18)33-5)21(30)11-13-31(22,3)25(17)24-26(35)29(38)41-28(24)37/h7-10,17,20-23,25,28,33-35,37H,11-16H2,1-6H3. The van der Waals surface area contributed by atoms with E-state index < -0.39 is 35.5 Å². The highest BCUT2D eigenvalue weighted by atomic mass is 16.6. The van der Waals surface area contributed by atoms with Gasteiger partial charge in [0.05, 0.1) is 30.0 Å². The quantitative estimate of drug-likeness (QED) is 0.366. The molecular formula is C32H45NO8. The van der Waals surface area contributed by atoms with Gasteiger partial charge in [-0.3, -0.25) is 0 Å². The number of hydrogen-bond donors (Lipinski definition) is 4. The Balaban J connectivity index is 1.49. The average molecular weight is 572 g/mol. The molecule has 0 radical (unpaired) electrons. The second-order valence-electron chi connectivity index (χ2n) is 13.5. The monoisotopic (exact) mass is 571 g/mol. The number of aliphatic hydroxyl groups is 3. The van der Waals surface area contributed by atoms with E-state index in [-0.39, 0.29) is 52.8 Å². The van der Waals surface area contributed by atoms with Gasteiger partial charge < -0.3 is 34.8 Å². The summed E-state index contributed by atoms with van der Waals surface area (Å²) in [5, 5.41) is 36.0. The fourth-order valence-corrected chi connectivity index (χ4v) is 9.65. The molecule has 1 aliphatic heterocycles. The van der Waals surface area contributed by atoms with Gasteiger partial charge in [-0.2, -0.15) is 0 Å². The van der Waals surface area contributed by atoms with Crippen molar-refractivity contribution < 1.29 is 39.1 Å². The molecule has 3 aliphatic carbocycles. The predicted molar refractivity (Wildman–Crippen MR) is 152 cm³/mol. The Bertz CT molecular complexity index is 1230. The number of aliphatic hydroxyl groups excluding tert-OH is 3. The van der Waals surface area contributed by atoms with E-state index in [0.717, 1.165) is 25.7 Å². The molecule has 0 spiro atoms. The van der Waals surface area contributed by atoms with Gasteiger partial charge in [-0.25, -0.2) is 9.59 Å². The van der Waals surface area contributed by atoms with Crippen molar-refractivity contribution in [2.75, 3.05) is 26.1 Å². The lowest BCUT2D eigenvalue weighted by atomic mass is 9.37. The van der Waals surface area contributed by atoms with Crippen LogP contribution in [-0.4, -0.2) is 66.5 Å². The van der Waals surface area contributed by atoms with E-state index in [2.05, 4.69) is 26.1 Å². The lowest BCUT2D eigenvalue weighted by Gasteiger charge is -2.68. The Labute approximate surface area is 242 Å². The van der Waals surface area contributed by atoms with Crippen LogP contribution in [0.15, 0.2) is 35.6 Å². The summed E-state index contributed by atoms with van der Waals surface area (Å²) in [6, 6.07) is 7.21. The number of carbonyl (C=O) groups excluding carboxylic acids is 2. The first-order chi connectivity index (χ1) is 19.3. The third-order valence-electron chi connectivity index (χ3n) is 11.7. The van der Waals surface area contributed by atoms with Crippen molar-refractivity contribution in [3.8, 4) is 0 Å². The van der Waals surface area contributed by atoms with Gasteiger partial charge in [0.1, 0.15) is 0 Å². The summed E-state index contributed by atoms with van der Waals surface area (Å²) >= 11 is 0. The normalized spacial score (nSPS) is 42.2. The van der Waals surface area contributed by atoms with Crippen LogP contribution in [0, 0.1) is 39.9 Å². The molecule has 10 unspecified atom stereocenters. The van der Waals surface area contributed by atoms with Crippen LogP contribution in [0.2, 0.25) is 0 Å². The Kier molecular flexibility index (Phi) is 7.71. The Hall–Kier alpha value is -2.62. The van der Waals surface area contributed by atoms with Crippen LogP contribution in [0.1, 0.15) is 70.2 Å². The summed E-state index contributed by atoms with van der Waals surface area (Å²) in [6.45, 7) is 8.68. The van der Waals surface area contributed by atoms with Gasteiger partial charge in [-0.1, -0.05) is 39.8 Å². The van der Waals surface area contributed by atoms with Crippen molar-refractivity contribution in [3.05, 3.63) is 41.2 Å². The van der Waals surface area contributed by atoms with Gasteiger partial charge in [-0.15, -0.1) is 0 Å². The molecule has 10 atom stereocenters. The highest BCUT2D eigenvalue weighted by Crippen LogP contribution is 2.70. The number of para-hydroxylation sites is 1. The maximum absolute atomic E-state index is 13.2. The van der Waals surface area contributed by atoms with Crippen molar-refractivity contribution >= 4 is 17.6 Å². The first-order valence-electron chi connectivity index (χ1n) is 14.8. The van der Waals surface area contributed by atoms with E-state index in [1.165, 1.54) is 0 Å². The molecule has 9 heteroatoms. The molecule has 1 heterocycles. The number of benzene rings is 1. The van der Waals surface area contributed by atoms with Crippen molar-refractivity contribution in [2.24, 2.45) is 39.9 Å². The maximum Gasteiger partial charge on any atom is 0.376 e. The number of hydrogen-bond acceptors (Lipinski definition) is 9. The molecule has 9 nitrogen and oxygen atoms in total. The number of rotatable bonds is 6. The molecule has 41 heavy (non-hydrogen) atoms. The number of nitrogens with one attached hydrogen (secondary N) is 1. The third-order valence-corrected chi connectivity index (χ3v) is 11.7. The van der Waals surface area contributed by atoms with Gasteiger partial charge >= 0.3 is 11.9 Å². The SMILES string of the molecule is CNc1ccccc1C(=O)OCC1(C)C(O)CCC2(C)C1CCC1(C)C(C3=C(O)C(=O)OC3O)C(C)C(OC)CC12. The number of esters is 2. The molecule has 0 bridgehead atoms. The molecule has 0 saturated heterocycles. The maximum atomic E-state index is 13.2. The summed E-state index contributed by atoms with van der Waals surface area (Å²) < 4.78 is 17.0. The second-order valence-corrected chi connectivity index (χ2v) is 13.5. The van der Waals surface area contributed by atoms with Crippen molar-refractivity contribution in [2.45, 2.75) is 78.3 Å². The summed E-state index contributed by atoms with van der Waals surface area (Å²) in [4.78, 5) is 25.4. The van der Waals surface area contributed by atoms with Crippen LogP contribution in [0.25, 0.3) is 0 Å². The minimum atomic E-state index is -1.48. The van der Waals surface area contributed by atoms with E-state index in [9.17, 15) is 24.9 Å². The summed E-state index contributed by atoms with van der Waals surface area (Å²) in [5.74, 6) is -2.08. The van der Waals surface area contributed by atoms with Crippen LogP contribution in [0.5, 0.6) is 0 Å². The molecule has 0 aromatic heterocycles. The first kappa shape index (κ1) is 29.9. The fraction of sp³-hybridized carbons (Fsp3) is 0.688. The average Bonchev–Trinajstić information content (AvgIpc) is 3.19. The predicted octanol–water partition coefficient (Wildman–Crippen LogP) is 4.44. The van der Waals surface area contributed by atoms with Gasteiger partial charge in [-0.05, 0) is 72.8 Å². The summed E-state index contributed by atoms with van der Waals surface area (Å²) in [7, 11) is 3.44. The zero-order valence-electron chi connectivity index (χ0n) is 25.0. The molecule has 0 amide bonds. The van der Waals surface area contributed by atoms with Crippen molar-refractivity contribution in [3.63, 3.8) is 0 Å². The topological polar surface area (TPSA) is 135 Å². The molecule has 4 aliphatic rings. The highest BCUT2D eigenvalue weighted by molar-refractivity contribution is 5.95. The van der Waals surface area contributed by atoms with E-state index in [1.807, 2.05) is 19.1 Å². The van der Waals surface area contributed by atoms with Gasteiger partial charge in [0.2, 0.25) is 12.0 Å². The largest absolute Gasteiger partial charge is 0.502 e. The molecule has 4 N–H and O–H groups in total. The highest BCUT2D eigenvalue weighted by Gasteiger charge is 2.67. The van der Waals surface area contributed by atoms with Crippen molar-refractivity contribution in [1.29, 1.82) is 0 Å². The molecule has 3 saturated carbocycles. The Morgan fingerprint density at radius 1 is 1.10 bits per heavy atom. The fourth-order valence-electron chi connectivity index (χ4n) is 9.65. The summed E-state index contributed by atoms with van der Waals surface area (Å²) in [5.41, 5.74) is 0.101. The number of anilines is 1. The zero-order valence-corrected chi connectivity index (χ0v) is 25.0. The van der Waals surface area contributed by atoms with E-state index in [4.69, 9.17) is 14.2 Å². The van der Waals surface area contributed by atoms with Crippen molar-refractivity contribution in [1.82, 2.24) is 0 Å². The lowest BCUT2D eigenvalue weighted by Crippen LogP contribution is -2.65. The Morgan fingerprint density at radius 3 is 2.41 bits per heavy atom. The zero-order chi connectivity index (χ0) is 29.9. The minimum Gasteiger partial charge on any atom is -0.502 e. The lowest BCUT2D eigenvalue weighted by molar-refractivity contribution is -0.226. The number of ether oxygens (including phenoxy) is 3. The molecule has 1 aromatic rings. The molecule has 1 aromatic carbocycles. The second kappa shape index (κ2) is 10.6. The van der Waals surface area contributed by atoms with E-state index >= 15 is 0 Å². The van der Waals surface area contributed by atoms with E-state index in [0.29, 0.717) is 17.7 Å². The first-order valence-corrected chi connectivity index (χ1v) is 14.8. The van der Waals surface area contributed by atoms with E-state index in [1.54, 1.807) is 26.3 Å². The van der Waals surface area contributed by atoms with Crippen LogP contribution in [0.4, 0.5) is 5.69 Å². The molecular weight excluding hydrogens is 526 g/mol. The molecule has 3 fully saturated rings.